The van der Waals surface area contributed by atoms with Crippen molar-refractivity contribution in [2.24, 2.45) is 5.73 Å². The molecule has 0 unspecified atom stereocenters. The number of aromatic nitrogens is 1. The molecule has 0 spiro atoms. The number of pyridine rings is 1. The van der Waals surface area contributed by atoms with E-state index in [1.807, 2.05) is 6.08 Å². The van der Waals surface area contributed by atoms with Crippen LogP contribution in [0, 0.1) is 0 Å². The van der Waals surface area contributed by atoms with Crippen molar-refractivity contribution >= 4 is 11.6 Å². The highest BCUT2D eigenvalue weighted by atomic mass is 16.1. The van der Waals surface area contributed by atoms with E-state index < -0.39 is 5.91 Å². The lowest BCUT2D eigenvalue weighted by Gasteiger charge is -2.04. The van der Waals surface area contributed by atoms with Gasteiger partial charge in [-0.05, 0) is 18.6 Å². The first-order chi connectivity index (χ1) is 6.74. The van der Waals surface area contributed by atoms with Crippen molar-refractivity contribution in [1.29, 1.82) is 0 Å². The second-order valence-electron chi connectivity index (χ2n) is 2.80. The van der Waals surface area contributed by atoms with Crippen LogP contribution in [0.3, 0.4) is 0 Å². The van der Waals surface area contributed by atoms with Gasteiger partial charge in [0, 0.05) is 18.4 Å². The number of nitrogens with zero attached hydrogens (tertiary/aromatic N) is 1. The number of amides is 1. The van der Waals surface area contributed by atoms with Crippen LogP contribution in [0.25, 0.3) is 0 Å². The van der Waals surface area contributed by atoms with Gasteiger partial charge in [-0.25, -0.2) is 0 Å². The summed E-state index contributed by atoms with van der Waals surface area (Å²) in [7, 11) is 0. The lowest BCUT2D eigenvalue weighted by molar-refractivity contribution is 0.0995. The van der Waals surface area contributed by atoms with E-state index in [4.69, 9.17) is 5.73 Å². The standard InChI is InChI=1S/C10H13N3O/c1-2-3-5-12-8-4-6-13-9(7-8)10(11)14/h2,4,6-7H,1,3,5H2,(H2,11,14)(H,12,13). The van der Waals surface area contributed by atoms with Crippen molar-refractivity contribution < 1.29 is 4.79 Å². The molecule has 74 valence electrons. The molecule has 0 fully saturated rings. The van der Waals surface area contributed by atoms with Crippen LogP contribution in [-0.4, -0.2) is 17.4 Å². The van der Waals surface area contributed by atoms with Crippen molar-refractivity contribution in [2.45, 2.75) is 6.42 Å². The minimum Gasteiger partial charge on any atom is -0.385 e. The average Bonchev–Trinajstić information content (AvgIpc) is 2.19. The van der Waals surface area contributed by atoms with E-state index in [1.165, 1.54) is 0 Å². The molecule has 0 aliphatic carbocycles. The Morgan fingerprint density at radius 3 is 3.14 bits per heavy atom. The quantitative estimate of drug-likeness (QED) is 0.542. The SMILES string of the molecule is C=CCCNc1ccnc(C(N)=O)c1. The Bertz CT molecular complexity index is 336. The zero-order valence-electron chi connectivity index (χ0n) is 7.86. The highest BCUT2D eigenvalue weighted by Gasteiger charge is 2.01. The molecule has 14 heavy (non-hydrogen) atoms. The molecular formula is C10H13N3O. The molecule has 0 bridgehead atoms. The fourth-order valence-electron chi connectivity index (χ4n) is 0.994. The number of nitrogens with one attached hydrogen (secondary N) is 1. The Hall–Kier alpha value is -1.84. The number of hydrogen-bond acceptors (Lipinski definition) is 3. The summed E-state index contributed by atoms with van der Waals surface area (Å²) in [6.07, 6.45) is 4.24. The molecule has 1 heterocycles. The summed E-state index contributed by atoms with van der Waals surface area (Å²) in [6, 6.07) is 3.42. The van der Waals surface area contributed by atoms with E-state index in [-0.39, 0.29) is 5.69 Å². The van der Waals surface area contributed by atoms with Gasteiger partial charge in [-0.3, -0.25) is 9.78 Å². The molecule has 4 heteroatoms. The molecule has 0 aromatic carbocycles. The molecule has 0 saturated carbocycles. The molecule has 0 saturated heterocycles. The first-order valence-corrected chi connectivity index (χ1v) is 4.34. The Morgan fingerprint density at radius 1 is 1.71 bits per heavy atom. The van der Waals surface area contributed by atoms with E-state index in [0.717, 1.165) is 18.7 Å². The number of hydrogen-bond donors (Lipinski definition) is 2. The van der Waals surface area contributed by atoms with E-state index in [2.05, 4.69) is 16.9 Å². The van der Waals surface area contributed by atoms with Crippen molar-refractivity contribution in [1.82, 2.24) is 4.98 Å². The smallest absolute Gasteiger partial charge is 0.267 e. The minimum atomic E-state index is -0.516. The normalized spacial score (nSPS) is 9.43. The maximum atomic E-state index is 10.8. The first kappa shape index (κ1) is 10.2. The van der Waals surface area contributed by atoms with Gasteiger partial charge in [-0.1, -0.05) is 6.08 Å². The van der Waals surface area contributed by atoms with Gasteiger partial charge in [0.1, 0.15) is 5.69 Å². The summed E-state index contributed by atoms with van der Waals surface area (Å²) >= 11 is 0. The van der Waals surface area contributed by atoms with Crippen molar-refractivity contribution in [3.8, 4) is 0 Å². The summed E-state index contributed by atoms with van der Waals surface area (Å²) in [5, 5.41) is 3.12. The number of carbonyl (C=O) groups is 1. The number of carbonyl (C=O) groups excluding carboxylic acids is 1. The molecule has 0 atom stereocenters. The predicted octanol–water partition coefficient (Wildman–Crippen LogP) is 1.17. The van der Waals surface area contributed by atoms with Crippen LogP contribution >= 0.6 is 0 Å². The molecule has 0 radical (unpaired) electrons. The second-order valence-corrected chi connectivity index (χ2v) is 2.80. The Kier molecular flexibility index (Phi) is 3.67. The number of anilines is 1. The number of primary amides is 1. The Morgan fingerprint density at radius 2 is 2.50 bits per heavy atom. The molecule has 1 amide bonds. The molecule has 0 aliphatic rings. The molecule has 0 aliphatic heterocycles. The third kappa shape index (κ3) is 2.90. The minimum absolute atomic E-state index is 0.272. The van der Waals surface area contributed by atoms with Crippen molar-refractivity contribution in [3.63, 3.8) is 0 Å². The topological polar surface area (TPSA) is 68.0 Å². The summed E-state index contributed by atoms with van der Waals surface area (Å²) in [4.78, 5) is 14.6. The van der Waals surface area contributed by atoms with E-state index in [1.54, 1.807) is 18.3 Å². The van der Waals surface area contributed by atoms with E-state index >= 15 is 0 Å². The summed E-state index contributed by atoms with van der Waals surface area (Å²) in [5.41, 5.74) is 6.21. The Balaban J connectivity index is 2.63. The summed E-state index contributed by atoms with van der Waals surface area (Å²) in [5.74, 6) is -0.516. The van der Waals surface area contributed by atoms with E-state index in [9.17, 15) is 4.79 Å². The van der Waals surface area contributed by atoms with Crippen LogP contribution < -0.4 is 11.1 Å². The van der Waals surface area contributed by atoms with Crippen LogP contribution in [0.2, 0.25) is 0 Å². The zero-order valence-corrected chi connectivity index (χ0v) is 7.86. The van der Waals surface area contributed by atoms with Gasteiger partial charge in [0.05, 0.1) is 0 Å². The van der Waals surface area contributed by atoms with Crippen LogP contribution in [0.1, 0.15) is 16.9 Å². The molecular weight excluding hydrogens is 178 g/mol. The summed E-state index contributed by atoms with van der Waals surface area (Å²) in [6.45, 7) is 4.39. The van der Waals surface area contributed by atoms with Gasteiger partial charge in [0.15, 0.2) is 0 Å². The molecule has 3 N–H and O–H groups in total. The average molecular weight is 191 g/mol. The third-order valence-electron chi connectivity index (χ3n) is 1.69. The Labute approximate surface area is 82.8 Å². The van der Waals surface area contributed by atoms with Gasteiger partial charge in [0.2, 0.25) is 0 Å². The van der Waals surface area contributed by atoms with Gasteiger partial charge >= 0.3 is 0 Å². The summed E-state index contributed by atoms with van der Waals surface area (Å²) < 4.78 is 0. The van der Waals surface area contributed by atoms with Crippen LogP contribution in [0.15, 0.2) is 31.0 Å². The van der Waals surface area contributed by atoms with Crippen LogP contribution in [-0.2, 0) is 0 Å². The van der Waals surface area contributed by atoms with Crippen molar-refractivity contribution in [2.75, 3.05) is 11.9 Å². The maximum absolute atomic E-state index is 10.8. The molecule has 1 aromatic rings. The molecule has 1 rings (SSSR count). The van der Waals surface area contributed by atoms with Gasteiger partial charge < -0.3 is 11.1 Å². The van der Waals surface area contributed by atoms with E-state index in [0.29, 0.717) is 0 Å². The van der Waals surface area contributed by atoms with Gasteiger partial charge in [0.25, 0.3) is 5.91 Å². The lowest BCUT2D eigenvalue weighted by atomic mass is 10.3. The highest BCUT2D eigenvalue weighted by molar-refractivity contribution is 5.91. The highest BCUT2D eigenvalue weighted by Crippen LogP contribution is 2.07. The third-order valence-corrected chi connectivity index (χ3v) is 1.69. The molecule has 4 nitrogen and oxygen atoms in total. The number of rotatable bonds is 5. The fourth-order valence-corrected chi connectivity index (χ4v) is 0.994. The zero-order chi connectivity index (χ0) is 10.4. The van der Waals surface area contributed by atoms with Crippen LogP contribution in [0.4, 0.5) is 5.69 Å². The fraction of sp³-hybridized carbons (Fsp3) is 0.200. The lowest BCUT2D eigenvalue weighted by Crippen LogP contribution is -2.13. The first-order valence-electron chi connectivity index (χ1n) is 4.34. The van der Waals surface area contributed by atoms with Gasteiger partial charge in [-0.2, -0.15) is 0 Å². The van der Waals surface area contributed by atoms with Crippen LogP contribution in [0.5, 0.6) is 0 Å². The predicted molar refractivity (Wildman–Crippen MR) is 56.1 cm³/mol. The molecule has 1 aromatic heterocycles. The number of nitrogens with two attached hydrogens (primary N) is 1. The monoisotopic (exact) mass is 191 g/mol. The van der Waals surface area contributed by atoms with Gasteiger partial charge in [-0.15, -0.1) is 6.58 Å². The second kappa shape index (κ2) is 5.01. The maximum Gasteiger partial charge on any atom is 0.267 e. The largest absolute Gasteiger partial charge is 0.385 e. The van der Waals surface area contributed by atoms with Crippen molar-refractivity contribution in [3.05, 3.63) is 36.7 Å².